The molecule has 0 radical (unpaired) electrons. The Bertz CT molecular complexity index is 974. The second kappa shape index (κ2) is 10.8. The van der Waals surface area contributed by atoms with Crippen LogP contribution in [-0.4, -0.2) is 46.1 Å². The molecule has 0 aliphatic rings. The fraction of sp³-hybridized carbons (Fsp3) is 0.364. The minimum Gasteiger partial charge on any atom is -0.497 e. The van der Waals surface area contributed by atoms with E-state index in [4.69, 9.17) is 9.47 Å². The molecule has 3 aromatic rings. The maximum atomic E-state index is 12.6. The number of tetrazole rings is 1. The van der Waals surface area contributed by atoms with E-state index in [9.17, 15) is 4.79 Å². The zero-order valence-electron chi connectivity index (χ0n) is 18.1. The first-order valence-corrected chi connectivity index (χ1v) is 10.9. The van der Waals surface area contributed by atoms with Crippen molar-refractivity contribution in [1.82, 2.24) is 25.5 Å². The van der Waals surface area contributed by atoms with Gasteiger partial charge in [-0.1, -0.05) is 49.9 Å². The van der Waals surface area contributed by atoms with E-state index in [1.165, 1.54) is 11.8 Å². The number of amides is 1. The molecule has 164 valence electrons. The van der Waals surface area contributed by atoms with Crippen molar-refractivity contribution < 1.29 is 14.3 Å². The highest BCUT2D eigenvalue weighted by Gasteiger charge is 2.19. The van der Waals surface area contributed by atoms with Crippen LogP contribution in [0.2, 0.25) is 0 Å². The van der Waals surface area contributed by atoms with Gasteiger partial charge in [0.15, 0.2) is 0 Å². The molecule has 1 N–H and O–H groups in total. The number of nitrogens with one attached hydrogen (secondary N) is 1. The van der Waals surface area contributed by atoms with E-state index in [1.54, 1.807) is 18.9 Å². The minimum atomic E-state index is -0.0886. The Hall–Kier alpha value is -3.07. The third-order valence-corrected chi connectivity index (χ3v) is 5.74. The summed E-state index contributed by atoms with van der Waals surface area (Å²) in [6.45, 7) is 4.68. The fourth-order valence-corrected chi connectivity index (χ4v) is 3.78. The Morgan fingerprint density at radius 1 is 1.03 bits per heavy atom. The topological polar surface area (TPSA) is 91.2 Å². The number of ether oxygens (including phenoxy) is 2. The van der Waals surface area contributed by atoms with Crippen LogP contribution in [0.4, 0.5) is 0 Å². The molecule has 0 saturated heterocycles. The van der Waals surface area contributed by atoms with Crippen molar-refractivity contribution in [2.45, 2.75) is 31.6 Å². The molecule has 31 heavy (non-hydrogen) atoms. The molecule has 1 unspecified atom stereocenters. The number of hydrogen-bond donors (Lipinski definition) is 1. The normalized spacial score (nSPS) is 11.9. The van der Waals surface area contributed by atoms with Gasteiger partial charge in [0.1, 0.15) is 11.5 Å². The monoisotopic (exact) mass is 441 g/mol. The largest absolute Gasteiger partial charge is 0.497 e. The van der Waals surface area contributed by atoms with E-state index in [0.29, 0.717) is 11.7 Å². The van der Waals surface area contributed by atoms with Gasteiger partial charge in [0.25, 0.3) is 0 Å². The lowest BCUT2D eigenvalue weighted by Gasteiger charge is -2.23. The summed E-state index contributed by atoms with van der Waals surface area (Å²) in [5, 5.41) is 15.6. The quantitative estimate of drug-likeness (QED) is 0.483. The van der Waals surface area contributed by atoms with Crippen LogP contribution in [-0.2, 0) is 11.3 Å². The average Bonchev–Trinajstić information content (AvgIpc) is 3.23. The highest BCUT2D eigenvalue weighted by atomic mass is 32.2. The van der Waals surface area contributed by atoms with E-state index >= 15 is 0 Å². The lowest BCUT2D eigenvalue weighted by Crippen LogP contribution is -2.33. The first-order valence-electron chi connectivity index (χ1n) is 9.95. The van der Waals surface area contributed by atoms with Gasteiger partial charge in [0.05, 0.1) is 32.6 Å². The van der Waals surface area contributed by atoms with Gasteiger partial charge in [-0.15, -0.1) is 5.10 Å². The highest BCUT2D eigenvalue weighted by Crippen LogP contribution is 2.24. The first kappa shape index (κ1) is 22.6. The van der Waals surface area contributed by atoms with Gasteiger partial charge in [-0.2, -0.15) is 0 Å². The molecular weight excluding hydrogens is 414 g/mol. The molecule has 0 saturated carbocycles. The van der Waals surface area contributed by atoms with Crippen molar-refractivity contribution >= 4 is 17.7 Å². The smallest absolute Gasteiger partial charge is 0.230 e. The fourth-order valence-electron chi connectivity index (χ4n) is 3.09. The molecule has 1 heterocycles. The van der Waals surface area contributed by atoms with E-state index < -0.39 is 0 Å². The van der Waals surface area contributed by atoms with Crippen LogP contribution < -0.4 is 14.8 Å². The van der Waals surface area contributed by atoms with Gasteiger partial charge < -0.3 is 14.8 Å². The summed E-state index contributed by atoms with van der Waals surface area (Å²) in [5.41, 5.74) is 2.08. The second-order valence-electron chi connectivity index (χ2n) is 7.32. The van der Waals surface area contributed by atoms with Crippen LogP contribution in [0.15, 0.2) is 53.7 Å². The van der Waals surface area contributed by atoms with Crippen LogP contribution >= 0.6 is 11.8 Å². The number of carbonyl (C=O) groups is 1. The zero-order valence-corrected chi connectivity index (χ0v) is 18.9. The maximum absolute atomic E-state index is 12.6. The third kappa shape index (κ3) is 6.21. The molecule has 0 fully saturated rings. The zero-order chi connectivity index (χ0) is 22.2. The first-order chi connectivity index (χ1) is 15.0. The van der Waals surface area contributed by atoms with Crippen LogP contribution in [0.5, 0.6) is 11.5 Å². The van der Waals surface area contributed by atoms with Crippen LogP contribution in [0, 0.1) is 5.92 Å². The summed E-state index contributed by atoms with van der Waals surface area (Å²) in [6, 6.07) is 15.4. The number of nitrogens with zero attached hydrogens (tertiary/aromatic N) is 4. The number of thioether (sulfide) groups is 1. The summed E-state index contributed by atoms with van der Waals surface area (Å²) < 4.78 is 12.1. The summed E-state index contributed by atoms with van der Waals surface area (Å²) in [4.78, 5) is 12.6. The van der Waals surface area contributed by atoms with Crippen molar-refractivity contribution in [2.75, 3.05) is 20.0 Å². The maximum Gasteiger partial charge on any atom is 0.230 e. The summed E-state index contributed by atoms with van der Waals surface area (Å²) >= 11 is 1.31. The van der Waals surface area contributed by atoms with Gasteiger partial charge >= 0.3 is 0 Å². The Morgan fingerprint density at radius 2 is 1.65 bits per heavy atom. The second-order valence-corrected chi connectivity index (χ2v) is 8.26. The standard InChI is InChI=1S/C22H27N5O3S/c1-15(2)21(17-7-11-19(30-4)12-8-17)23-20(28)14-31-22-24-25-26-27(22)13-16-5-9-18(29-3)10-6-16/h5-12,15,21H,13-14H2,1-4H3,(H,23,28). The summed E-state index contributed by atoms with van der Waals surface area (Å²) in [6.07, 6.45) is 0. The lowest BCUT2D eigenvalue weighted by atomic mass is 9.96. The van der Waals surface area contributed by atoms with E-state index in [2.05, 4.69) is 34.7 Å². The summed E-state index contributed by atoms with van der Waals surface area (Å²) in [5.74, 6) is 1.98. The van der Waals surface area contributed by atoms with E-state index in [1.807, 2.05) is 48.5 Å². The number of methoxy groups -OCH3 is 2. The van der Waals surface area contributed by atoms with E-state index in [-0.39, 0.29) is 23.6 Å². The highest BCUT2D eigenvalue weighted by molar-refractivity contribution is 7.99. The number of aromatic nitrogens is 4. The van der Waals surface area contributed by atoms with Crippen LogP contribution in [0.3, 0.4) is 0 Å². The van der Waals surface area contributed by atoms with Crippen molar-refractivity contribution in [3.05, 3.63) is 59.7 Å². The van der Waals surface area contributed by atoms with Gasteiger partial charge in [-0.25, -0.2) is 4.68 Å². The van der Waals surface area contributed by atoms with Crippen molar-refractivity contribution in [3.63, 3.8) is 0 Å². The number of benzene rings is 2. The molecule has 1 aromatic heterocycles. The molecule has 0 aliphatic heterocycles. The lowest BCUT2D eigenvalue weighted by molar-refractivity contribution is -0.119. The molecule has 3 rings (SSSR count). The average molecular weight is 442 g/mol. The molecule has 1 amide bonds. The number of hydrogen-bond acceptors (Lipinski definition) is 7. The Balaban J connectivity index is 1.59. The van der Waals surface area contributed by atoms with Gasteiger partial charge in [0, 0.05) is 0 Å². The molecule has 0 bridgehead atoms. The predicted molar refractivity (Wildman–Crippen MR) is 119 cm³/mol. The molecule has 2 aromatic carbocycles. The molecular formula is C22H27N5O3S. The van der Waals surface area contributed by atoms with Crippen molar-refractivity contribution in [3.8, 4) is 11.5 Å². The van der Waals surface area contributed by atoms with Gasteiger partial charge in [-0.3, -0.25) is 4.79 Å². The van der Waals surface area contributed by atoms with Crippen molar-refractivity contribution in [1.29, 1.82) is 0 Å². The molecule has 0 aliphatic carbocycles. The number of carbonyl (C=O) groups excluding carboxylic acids is 1. The Kier molecular flexibility index (Phi) is 7.88. The number of rotatable bonds is 10. The summed E-state index contributed by atoms with van der Waals surface area (Å²) in [7, 11) is 3.27. The Morgan fingerprint density at radius 3 is 2.23 bits per heavy atom. The van der Waals surface area contributed by atoms with Crippen molar-refractivity contribution in [2.24, 2.45) is 5.92 Å². The van der Waals surface area contributed by atoms with Gasteiger partial charge in [-0.05, 0) is 51.7 Å². The minimum absolute atomic E-state index is 0.0708. The molecule has 1 atom stereocenters. The predicted octanol–water partition coefficient (Wildman–Crippen LogP) is 3.34. The Labute approximate surface area is 186 Å². The van der Waals surface area contributed by atoms with Crippen LogP contribution in [0.25, 0.3) is 0 Å². The van der Waals surface area contributed by atoms with Gasteiger partial charge in [0.2, 0.25) is 11.1 Å². The SMILES string of the molecule is COc1ccc(Cn2nnnc2SCC(=O)NC(c2ccc(OC)cc2)C(C)C)cc1. The molecule has 0 spiro atoms. The molecule has 9 heteroatoms. The van der Waals surface area contributed by atoms with Crippen LogP contribution in [0.1, 0.15) is 31.0 Å². The third-order valence-electron chi connectivity index (χ3n) is 4.78. The molecule has 8 nitrogen and oxygen atoms in total. The van der Waals surface area contributed by atoms with E-state index in [0.717, 1.165) is 22.6 Å².